The maximum Gasteiger partial charge on any atom is 0.241 e. The molecule has 1 fully saturated rings. The zero-order chi connectivity index (χ0) is 22.7. The molecule has 1 aliphatic rings. The van der Waals surface area contributed by atoms with Gasteiger partial charge in [0.25, 0.3) is 0 Å². The minimum atomic E-state index is -4.00. The quantitative estimate of drug-likeness (QED) is 0.485. The molecule has 0 atom stereocenters. The summed E-state index contributed by atoms with van der Waals surface area (Å²) in [4.78, 5) is 8.73. The van der Waals surface area contributed by atoms with Gasteiger partial charge in [-0.3, -0.25) is 0 Å². The Morgan fingerprint density at radius 3 is 2.53 bits per heavy atom. The second-order valence-electron chi connectivity index (χ2n) is 7.35. The minimum absolute atomic E-state index is 0.0780. The van der Waals surface area contributed by atoms with E-state index >= 15 is 0 Å². The van der Waals surface area contributed by atoms with Crippen molar-refractivity contribution in [1.29, 1.82) is 0 Å². The van der Waals surface area contributed by atoms with E-state index in [1.165, 1.54) is 26.4 Å². The highest BCUT2D eigenvalue weighted by atomic mass is 32.2. The van der Waals surface area contributed by atoms with Gasteiger partial charge >= 0.3 is 0 Å². The topological polar surface area (TPSA) is 138 Å². The molecule has 11 heteroatoms. The number of nitrogens with two attached hydrogens (primary N) is 1. The van der Waals surface area contributed by atoms with Crippen LogP contribution in [0.2, 0.25) is 0 Å². The summed E-state index contributed by atoms with van der Waals surface area (Å²) in [5.41, 5.74) is 1.14. The smallest absolute Gasteiger partial charge is 0.241 e. The number of primary sulfonamides is 1. The van der Waals surface area contributed by atoms with Gasteiger partial charge in [-0.2, -0.15) is 0 Å². The van der Waals surface area contributed by atoms with Crippen molar-refractivity contribution < 1.29 is 22.6 Å². The summed E-state index contributed by atoms with van der Waals surface area (Å²) in [6.45, 7) is 1.90. The molecule has 4 rings (SSSR count). The zero-order valence-electron chi connectivity index (χ0n) is 17.8. The first-order valence-corrected chi connectivity index (χ1v) is 11.6. The summed E-state index contributed by atoms with van der Waals surface area (Å²) in [7, 11) is -1.22. The van der Waals surface area contributed by atoms with Gasteiger partial charge in [-0.05, 0) is 38.1 Å². The molecule has 10 nitrogen and oxygen atoms in total. The second kappa shape index (κ2) is 9.15. The standard InChI is InChI=1S/C21H25N5O5S/c1-29-18-11-20(32(22,27)28)19(30-2)10-17(18)26-21-24-12-13-3-4-15(9-16(13)25-21)31-14-5-7-23-8-6-14/h3-4,9-12,14,23H,5-8H2,1-2H3,(H2,22,27,28)(H,24,25,26). The number of rotatable bonds is 7. The van der Waals surface area contributed by atoms with Gasteiger partial charge in [0, 0.05) is 29.8 Å². The van der Waals surface area contributed by atoms with Crippen LogP contribution in [0, 0.1) is 0 Å². The van der Waals surface area contributed by atoms with E-state index < -0.39 is 10.0 Å². The summed E-state index contributed by atoms with van der Waals surface area (Å²) in [5, 5.41) is 12.5. The molecule has 0 saturated carbocycles. The van der Waals surface area contributed by atoms with Crippen LogP contribution in [0.15, 0.2) is 41.4 Å². The maximum atomic E-state index is 11.9. The summed E-state index contributed by atoms with van der Waals surface area (Å²) in [5.74, 6) is 1.39. The molecule has 1 aliphatic heterocycles. The van der Waals surface area contributed by atoms with Crippen molar-refractivity contribution in [2.24, 2.45) is 5.14 Å². The van der Waals surface area contributed by atoms with Crippen LogP contribution in [-0.2, 0) is 10.0 Å². The number of hydrogen-bond acceptors (Lipinski definition) is 9. The third kappa shape index (κ3) is 4.85. The number of ether oxygens (including phenoxy) is 3. The molecule has 4 N–H and O–H groups in total. The fourth-order valence-corrected chi connectivity index (χ4v) is 4.25. The molecule has 3 aromatic rings. The molecule has 0 spiro atoms. The lowest BCUT2D eigenvalue weighted by atomic mass is 10.1. The highest BCUT2D eigenvalue weighted by Crippen LogP contribution is 2.36. The average Bonchev–Trinajstić information content (AvgIpc) is 2.78. The lowest BCUT2D eigenvalue weighted by Gasteiger charge is -2.23. The third-order valence-corrected chi connectivity index (χ3v) is 6.11. The summed E-state index contributed by atoms with van der Waals surface area (Å²) in [6, 6.07) is 8.48. The van der Waals surface area contributed by atoms with Crippen LogP contribution in [0.25, 0.3) is 10.9 Å². The Balaban J connectivity index is 1.63. The van der Waals surface area contributed by atoms with Gasteiger partial charge in [0.05, 0.1) is 25.4 Å². The number of nitrogens with zero attached hydrogens (tertiary/aromatic N) is 2. The van der Waals surface area contributed by atoms with Crippen molar-refractivity contribution in [3.63, 3.8) is 0 Å². The van der Waals surface area contributed by atoms with E-state index in [9.17, 15) is 8.42 Å². The van der Waals surface area contributed by atoms with Crippen LogP contribution >= 0.6 is 0 Å². The molecule has 0 aliphatic carbocycles. The van der Waals surface area contributed by atoms with Crippen LogP contribution in [-0.4, -0.2) is 51.8 Å². The number of piperidine rings is 1. The van der Waals surface area contributed by atoms with Gasteiger partial charge in [0.15, 0.2) is 0 Å². The number of aromatic nitrogens is 2. The minimum Gasteiger partial charge on any atom is -0.495 e. The van der Waals surface area contributed by atoms with Gasteiger partial charge in [0.2, 0.25) is 16.0 Å². The predicted molar refractivity (Wildman–Crippen MR) is 120 cm³/mol. The molecule has 32 heavy (non-hydrogen) atoms. The van der Waals surface area contributed by atoms with E-state index in [4.69, 9.17) is 19.3 Å². The van der Waals surface area contributed by atoms with Gasteiger partial charge in [0.1, 0.15) is 28.2 Å². The van der Waals surface area contributed by atoms with Crippen molar-refractivity contribution in [2.45, 2.75) is 23.8 Å². The van der Waals surface area contributed by atoms with Gasteiger partial charge in [-0.1, -0.05) is 0 Å². The Hall–Kier alpha value is -3.15. The third-order valence-electron chi connectivity index (χ3n) is 5.18. The Labute approximate surface area is 186 Å². The van der Waals surface area contributed by atoms with E-state index in [-0.39, 0.29) is 22.5 Å². The maximum absolute atomic E-state index is 11.9. The molecule has 0 unspecified atom stereocenters. The second-order valence-corrected chi connectivity index (χ2v) is 8.88. The van der Waals surface area contributed by atoms with Crippen LogP contribution < -0.4 is 30.0 Å². The predicted octanol–water partition coefficient (Wildman–Crippen LogP) is 2.17. The molecule has 1 aromatic heterocycles. The van der Waals surface area contributed by atoms with Crippen molar-refractivity contribution in [3.05, 3.63) is 36.5 Å². The molecular weight excluding hydrogens is 434 g/mol. The van der Waals surface area contributed by atoms with E-state index in [0.717, 1.165) is 37.1 Å². The Kier molecular flexibility index (Phi) is 6.31. The molecule has 170 valence electrons. The number of benzene rings is 2. The average molecular weight is 460 g/mol. The van der Waals surface area contributed by atoms with Crippen LogP contribution in [0.3, 0.4) is 0 Å². The lowest BCUT2D eigenvalue weighted by molar-refractivity contribution is 0.162. The fourth-order valence-electron chi connectivity index (χ4n) is 3.55. The van der Waals surface area contributed by atoms with Crippen molar-refractivity contribution in [3.8, 4) is 17.2 Å². The van der Waals surface area contributed by atoms with Crippen LogP contribution in [0.1, 0.15) is 12.8 Å². The first-order valence-electron chi connectivity index (χ1n) is 10.1. The van der Waals surface area contributed by atoms with Crippen molar-refractivity contribution in [2.75, 3.05) is 32.6 Å². The first kappa shape index (κ1) is 22.1. The zero-order valence-corrected chi connectivity index (χ0v) is 18.6. The van der Waals surface area contributed by atoms with E-state index in [0.29, 0.717) is 17.2 Å². The number of hydrogen-bond donors (Lipinski definition) is 3. The molecule has 0 amide bonds. The lowest BCUT2D eigenvalue weighted by Crippen LogP contribution is -2.34. The highest BCUT2D eigenvalue weighted by molar-refractivity contribution is 7.89. The molecule has 1 saturated heterocycles. The number of fused-ring (bicyclic) bond motifs is 1. The molecule has 2 aromatic carbocycles. The van der Waals surface area contributed by atoms with E-state index in [1.54, 1.807) is 6.20 Å². The Morgan fingerprint density at radius 1 is 1.09 bits per heavy atom. The van der Waals surface area contributed by atoms with E-state index in [2.05, 4.69) is 20.6 Å². The first-order chi connectivity index (χ1) is 15.4. The molecule has 2 heterocycles. The molecule has 0 bridgehead atoms. The Bertz CT molecular complexity index is 1230. The summed E-state index contributed by atoms with van der Waals surface area (Å²) < 4.78 is 40.3. The number of nitrogens with one attached hydrogen (secondary N) is 2. The van der Waals surface area contributed by atoms with Gasteiger partial charge < -0.3 is 24.8 Å². The monoisotopic (exact) mass is 459 g/mol. The number of anilines is 2. The summed E-state index contributed by atoms with van der Waals surface area (Å²) >= 11 is 0. The highest BCUT2D eigenvalue weighted by Gasteiger charge is 2.20. The fraction of sp³-hybridized carbons (Fsp3) is 0.333. The van der Waals surface area contributed by atoms with Crippen LogP contribution in [0.4, 0.5) is 11.6 Å². The van der Waals surface area contributed by atoms with Crippen LogP contribution in [0.5, 0.6) is 17.2 Å². The normalized spacial score (nSPS) is 14.8. The van der Waals surface area contributed by atoms with E-state index in [1.807, 2.05) is 18.2 Å². The van der Waals surface area contributed by atoms with Gasteiger partial charge in [-0.15, -0.1) is 0 Å². The van der Waals surface area contributed by atoms with Gasteiger partial charge in [-0.25, -0.2) is 23.5 Å². The van der Waals surface area contributed by atoms with Crippen molar-refractivity contribution >= 4 is 32.6 Å². The summed E-state index contributed by atoms with van der Waals surface area (Å²) in [6.07, 6.45) is 3.80. The Morgan fingerprint density at radius 2 is 1.84 bits per heavy atom. The SMILES string of the molecule is COc1cc(S(N)(=O)=O)c(OC)cc1Nc1ncc2ccc(OC3CCNCC3)cc2n1. The number of methoxy groups -OCH3 is 2. The molecular formula is C21H25N5O5S. The number of sulfonamides is 1. The van der Waals surface area contributed by atoms with Crippen molar-refractivity contribution in [1.82, 2.24) is 15.3 Å². The largest absolute Gasteiger partial charge is 0.495 e. The molecule has 0 radical (unpaired) electrons.